The number of aliphatic hydroxyl groups is 1. The van der Waals surface area contributed by atoms with E-state index in [0.717, 1.165) is 0 Å². The number of thiol groups is 1. The first-order chi connectivity index (χ1) is 5.61. The van der Waals surface area contributed by atoms with Gasteiger partial charge in [-0.2, -0.15) is 0 Å². The lowest BCUT2D eigenvalue weighted by Gasteiger charge is -2.08. The molecule has 3 N–H and O–H groups in total. The summed E-state index contributed by atoms with van der Waals surface area (Å²) in [6.45, 7) is 1.38. The Morgan fingerprint density at radius 1 is 1.75 bits per heavy atom. The third-order valence-electron chi connectivity index (χ3n) is 0.965. The van der Waals surface area contributed by atoms with Crippen molar-refractivity contribution in [1.29, 1.82) is 0 Å². The van der Waals surface area contributed by atoms with Crippen molar-refractivity contribution in [2.45, 2.75) is 13.2 Å². The van der Waals surface area contributed by atoms with Crippen LogP contribution in [0.3, 0.4) is 0 Å². The van der Waals surface area contributed by atoms with Crippen molar-refractivity contribution in [2.24, 2.45) is 0 Å². The Labute approximate surface area is 76.2 Å². The predicted octanol–water partition coefficient (Wildman–Crippen LogP) is -0.637. The summed E-state index contributed by atoms with van der Waals surface area (Å²) in [5.41, 5.74) is 2.26. The number of rotatable bonds is 4. The molecule has 6 heteroatoms. The highest BCUT2D eigenvalue weighted by Crippen LogP contribution is 1.91. The highest BCUT2D eigenvalue weighted by Gasteiger charge is 2.06. The molecule has 1 atom stereocenters. The molecule has 1 amide bonds. The predicted molar refractivity (Wildman–Crippen MR) is 47.0 cm³/mol. The Kier molecular flexibility index (Phi) is 5.52. The molecule has 0 heterocycles. The van der Waals surface area contributed by atoms with E-state index in [9.17, 15) is 4.79 Å². The molecular weight excluding hydrogens is 180 g/mol. The highest BCUT2D eigenvalue weighted by molar-refractivity contribution is 7.83. The third-order valence-corrected chi connectivity index (χ3v) is 1.22. The zero-order valence-corrected chi connectivity index (χ0v) is 7.76. The standard InChI is InChI=1S/C6H12N2O3S/c1-4(9)11-8-6(10)5(3-12)7-2/h3-4,7,9,12H,1-2H3,(H,8,10)/b5-3-. The summed E-state index contributed by atoms with van der Waals surface area (Å²) in [6, 6.07) is 0. The van der Waals surface area contributed by atoms with Crippen LogP contribution in [0.15, 0.2) is 11.1 Å². The van der Waals surface area contributed by atoms with Crippen molar-refractivity contribution in [3.8, 4) is 0 Å². The van der Waals surface area contributed by atoms with Gasteiger partial charge in [-0.1, -0.05) is 0 Å². The van der Waals surface area contributed by atoms with Gasteiger partial charge in [-0.15, -0.1) is 12.6 Å². The molecule has 5 nitrogen and oxygen atoms in total. The number of amides is 1. The largest absolute Gasteiger partial charge is 0.383 e. The molecule has 0 saturated carbocycles. The lowest BCUT2D eigenvalue weighted by Crippen LogP contribution is -2.32. The van der Waals surface area contributed by atoms with Gasteiger partial charge in [0.15, 0.2) is 6.29 Å². The van der Waals surface area contributed by atoms with E-state index in [0.29, 0.717) is 0 Å². The first kappa shape index (κ1) is 11.3. The van der Waals surface area contributed by atoms with Crippen LogP contribution in [-0.2, 0) is 9.63 Å². The van der Waals surface area contributed by atoms with Gasteiger partial charge in [0, 0.05) is 7.05 Å². The topological polar surface area (TPSA) is 70.6 Å². The van der Waals surface area contributed by atoms with Crippen molar-refractivity contribution < 1.29 is 14.7 Å². The summed E-state index contributed by atoms with van der Waals surface area (Å²) in [5, 5.41) is 12.5. The highest BCUT2D eigenvalue weighted by atomic mass is 32.1. The smallest absolute Gasteiger partial charge is 0.291 e. The van der Waals surface area contributed by atoms with E-state index in [-0.39, 0.29) is 5.70 Å². The van der Waals surface area contributed by atoms with Crippen molar-refractivity contribution in [2.75, 3.05) is 7.05 Å². The van der Waals surface area contributed by atoms with Gasteiger partial charge in [-0.25, -0.2) is 10.3 Å². The van der Waals surface area contributed by atoms with Crippen LogP contribution in [0.25, 0.3) is 0 Å². The number of aliphatic hydroxyl groups excluding tert-OH is 1. The van der Waals surface area contributed by atoms with Crippen LogP contribution in [-0.4, -0.2) is 24.4 Å². The van der Waals surface area contributed by atoms with Crippen LogP contribution < -0.4 is 10.8 Å². The van der Waals surface area contributed by atoms with Crippen molar-refractivity contribution in [3.05, 3.63) is 11.1 Å². The normalized spacial score (nSPS) is 13.8. The van der Waals surface area contributed by atoms with Crippen LogP contribution in [0.4, 0.5) is 0 Å². The number of nitrogens with one attached hydrogen (secondary N) is 2. The molecule has 0 aromatic carbocycles. The number of hydrogen-bond donors (Lipinski definition) is 4. The molecule has 0 radical (unpaired) electrons. The monoisotopic (exact) mass is 192 g/mol. The Morgan fingerprint density at radius 3 is 2.67 bits per heavy atom. The van der Waals surface area contributed by atoms with E-state index in [1.54, 1.807) is 7.05 Å². The fourth-order valence-electron chi connectivity index (χ4n) is 0.430. The van der Waals surface area contributed by atoms with Crippen molar-refractivity contribution in [1.82, 2.24) is 10.8 Å². The van der Waals surface area contributed by atoms with Crippen molar-refractivity contribution >= 4 is 18.5 Å². The average Bonchev–Trinajstić information content (AvgIpc) is 2.03. The maximum Gasteiger partial charge on any atom is 0.291 e. The van der Waals surface area contributed by atoms with Gasteiger partial charge >= 0.3 is 0 Å². The van der Waals surface area contributed by atoms with Gasteiger partial charge in [0.05, 0.1) is 0 Å². The number of hydroxylamine groups is 1. The molecule has 0 spiro atoms. The molecule has 0 saturated heterocycles. The molecule has 0 aliphatic heterocycles. The van der Waals surface area contributed by atoms with E-state index >= 15 is 0 Å². The molecule has 0 rings (SSSR count). The summed E-state index contributed by atoms with van der Waals surface area (Å²) in [7, 11) is 1.57. The first-order valence-electron chi connectivity index (χ1n) is 3.28. The fourth-order valence-corrected chi connectivity index (χ4v) is 0.677. The molecule has 0 aromatic heterocycles. The Balaban J connectivity index is 3.87. The summed E-state index contributed by atoms with van der Waals surface area (Å²) in [6.07, 6.45) is -1.04. The molecule has 0 aliphatic carbocycles. The number of likely N-dealkylation sites (N-methyl/N-ethyl adjacent to an activating group) is 1. The summed E-state index contributed by atoms with van der Waals surface area (Å²) < 4.78 is 0. The van der Waals surface area contributed by atoms with E-state index < -0.39 is 12.2 Å². The number of carbonyl (C=O) groups excluding carboxylic acids is 1. The van der Waals surface area contributed by atoms with Gasteiger partial charge in [0.2, 0.25) is 0 Å². The van der Waals surface area contributed by atoms with Gasteiger partial charge in [0.25, 0.3) is 5.91 Å². The van der Waals surface area contributed by atoms with E-state index in [1.807, 2.05) is 5.48 Å². The second-order valence-corrected chi connectivity index (χ2v) is 2.20. The molecule has 1 unspecified atom stereocenters. The summed E-state index contributed by atoms with van der Waals surface area (Å²) >= 11 is 3.78. The lowest BCUT2D eigenvalue weighted by molar-refractivity contribution is -0.159. The van der Waals surface area contributed by atoms with Gasteiger partial charge in [0.1, 0.15) is 5.70 Å². The summed E-state index contributed by atoms with van der Waals surface area (Å²) in [5.74, 6) is -0.492. The van der Waals surface area contributed by atoms with Gasteiger partial charge < -0.3 is 10.4 Å². The van der Waals surface area contributed by atoms with E-state index in [2.05, 4.69) is 22.8 Å². The van der Waals surface area contributed by atoms with E-state index in [1.165, 1.54) is 12.3 Å². The third kappa shape index (κ3) is 4.22. The Morgan fingerprint density at radius 2 is 2.33 bits per heavy atom. The molecule has 0 bridgehead atoms. The van der Waals surface area contributed by atoms with Crippen LogP contribution in [0.1, 0.15) is 6.92 Å². The molecule has 0 aromatic rings. The zero-order valence-electron chi connectivity index (χ0n) is 6.87. The molecular formula is C6H12N2O3S. The maximum absolute atomic E-state index is 11.0. The second kappa shape index (κ2) is 5.87. The SMILES string of the molecule is CN/C(=C\S)C(=O)NOC(C)O. The fraction of sp³-hybridized carbons (Fsp3) is 0.500. The minimum absolute atomic E-state index is 0.249. The lowest BCUT2D eigenvalue weighted by atomic mass is 10.5. The zero-order chi connectivity index (χ0) is 9.56. The minimum atomic E-state index is -1.04. The first-order valence-corrected chi connectivity index (χ1v) is 3.79. The average molecular weight is 192 g/mol. The quantitative estimate of drug-likeness (QED) is 0.207. The Hall–Kier alpha value is -0.720. The summed E-state index contributed by atoms with van der Waals surface area (Å²) in [4.78, 5) is 15.4. The molecule has 0 aliphatic rings. The van der Waals surface area contributed by atoms with Gasteiger partial charge in [-0.3, -0.25) is 4.79 Å². The molecule has 12 heavy (non-hydrogen) atoms. The molecule has 0 fully saturated rings. The molecule has 70 valence electrons. The van der Waals surface area contributed by atoms with Crippen LogP contribution in [0, 0.1) is 0 Å². The van der Waals surface area contributed by atoms with Gasteiger partial charge in [-0.05, 0) is 12.3 Å². The van der Waals surface area contributed by atoms with Crippen LogP contribution in [0.2, 0.25) is 0 Å². The van der Waals surface area contributed by atoms with Crippen LogP contribution >= 0.6 is 12.6 Å². The number of carbonyl (C=O) groups is 1. The minimum Gasteiger partial charge on any atom is -0.383 e. The maximum atomic E-state index is 11.0. The van der Waals surface area contributed by atoms with E-state index in [4.69, 9.17) is 5.11 Å². The van der Waals surface area contributed by atoms with Crippen molar-refractivity contribution in [3.63, 3.8) is 0 Å². The second-order valence-electron chi connectivity index (χ2n) is 1.94. The Bertz CT molecular complexity index is 182. The van der Waals surface area contributed by atoms with Crippen LogP contribution in [0.5, 0.6) is 0 Å². The number of hydrogen-bond acceptors (Lipinski definition) is 5.